The van der Waals surface area contributed by atoms with Crippen molar-refractivity contribution in [2.75, 3.05) is 13.1 Å². The summed E-state index contributed by atoms with van der Waals surface area (Å²) in [7, 11) is -21.3. The Morgan fingerprint density at radius 2 is 0.655 bits per heavy atom. The van der Waals surface area contributed by atoms with Gasteiger partial charge in [0.15, 0.2) is 0 Å². The minimum atomic E-state index is -5.31. The van der Waals surface area contributed by atoms with E-state index in [9.17, 15) is 18.3 Å². The Hall–Kier alpha value is 4.22. The van der Waals surface area contributed by atoms with Crippen molar-refractivity contribution in [3.05, 3.63) is 0 Å². The van der Waals surface area contributed by atoms with E-state index >= 15 is 0 Å². The number of hydrogen-bond acceptors (Lipinski definition) is 8. The van der Waals surface area contributed by atoms with Crippen LogP contribution < -0.4 is 11.5 Å². The van der Waals surface area contributed by atoms with Crippen molar-refractivity contribution in [1.29, 1.82) is 0 Å². The molecule has 0 saturated carbocycles. The van der Waals surface area contributed by atoms with Gasteiger partial charge in [-0.25, -0.2) is 0 Å². The molecule has 14 N–H and O–H groups in total. The first-order chi connectivity index (χ1) is 11.1. The summed E-state index contributed by atoms with van der Waals surface area (Å²) in [5.74, 6) is 0. The molecule has 0 spiro atoms. The minimum absolute atomic E-state index is 0. The fourth-order valence-electron chi connectivity index (χ4n) is 1.31. The number of hydrogen-bond donors (Lipinski definition) is 12. The van der Waals surface area contributed by atoms with Gasteiger partial charge in [0, 0.05) is 12.8 Å². The zero-order valence-corrected chi connectivity index (χ0v) is 16.5. The molecule has 0 radical (unpaired) electrons. The van der Waals surface area contributed by atoms with E-state index in [0.29, 0.717) is 0 Å². The summed E-state index contributed by atoms with van der Waals surface area (Å²) in [4.78, 5) is 68.1. The summed E-state index contributed by atoms with van der Waals surface area (Å²) < 4.78 is 42.3. The van der Waals surface area contributed by atoms with Gasteiger partial charge >= 0.3 is 144 Å². The van der Waals surface area contributed by atoms with Crippen molar-refractivity contribution in [2.45, 2.75) is 23.0 Å². The first kappa shape index (κ1) is 43.3. The molecule has 0 amide bonds. The predicted molar refractivity (Wildman–Crippen MR) is 111 cm³/mol. The summed E-state index contributed by atoms with van der Waals surface area (Å²) in [5.41, 5.74) is 9.72. The Kier molecular flexibility index (Phi) is 24.0. The first-order valence-electron chi connectivity index (χ1n) is 6.20. The number of aliphatic hydroxyl groups is 2. The quantitative estimate of drug-likeness (QED) is 0.0916. The van der Waals surface area contributed by atoms with E-state index < -0.39 is 66.5 Å². The van der Waals surface area contributed by atoms with Gasteiger partial charge in [-0.1, -0.05) is 0 Å². The van der Waals surface area contributed by atoms with E-state index in [0.717, 1.165) is 0 Å². The Bertz CT molecular complexity index is 556. The number of rotatable bonds is 8. The van der Waals surface area contributed by atoms with Crippen molar-refractivity contribution >= 4 is 144 Å². The molecular formula is C6H28Ca3N2O14P4. The molecule has 0 aromatic heterocycles. The zero-order valence-electron chi connectivity index (χ0n) is 12.9. The van der Waals surface area contributed by atoms with Crippen molar-refractivity contribution in [3.8, 4) is 0 Å². The molecule has 0 rings (SSSR count). The van der Waals surface area contributed by atoms with Crippen LogP contribution >= 0.6 is 30.4 Å². The third-order valence-electron chi connectivity index (χ3n) is 2.83. The van der Waals surface area contributed by atoms with Crippen LogP contribution in [0.4, 0.5) is 0 Å². The molecule has 0 aromatic carbocycles. The number of nitrogens with two attached hydrogens (primary N) is 2. The summed E-state index contributed by atoms with van der Waals surface area (Å²) >= 11 is 0. The Balaban J connectivity index is -0.000000120. The molecule has 0 heterocycles. The van der Waals surface area contributed by atoms with E-state index in [1.54, 1.807) is 0 Å². The van der Waals surface area contributed by atoms with Crippen LogP contribution in [0.1, 0.15) is 12.8 Å². The maximum atomic E-state index is 10.6. The predicted octanol–water partition coefficient (Wildman–Crippen LogP) is -6.08. The Morgan fingerprint density at radius 3 is 0.690 bits per heavy atom. The summed E-state index contributed by atoms with van der Waals surface area (Å²) in [6.07, 6.45) is -1.75. The van der Waals surface area contributed by atoms with Gasteiger partial charge in [0.2, 0.25) is 0 Å². The van der Waals surface area contributed by atoms with Crippen molar-refractivity contribution in [3.63, 3.8) is 0 Å². The van der Waals surface area contributed by atoms with Gasteiger partial charge in [0.05, 0.1) is 0 Å². The average molecular weight is 596 g/mol. The summed E-state index contributed by atoms with van der Waals surface area (Å²) in [6, 6.07) is 0. The van der Waals surface area contributed by atoms with Crippen LogP contribution in [0, 0.1) is 0 Å². The van der Waals surface area contributed by atoms with Crippen molar-refractivity contribution in [1.82, 2.24) is 0 Å². The second kappa shape index (κ2) is 16.1. The van der Waals surface area contributed by atoms with Crippen LogP contribution in [0.2, 0.25) is 0 Å². The molecule has 0 aromatic rings. The molecule has 16 nitrogen and oxygen atoms in total. The van der Waals surface area contributed by atoms with E-state index in [-0.39, 0.29) is 113 Å². The molecular weight excluding hydrogens is 568 g/mol. The van der Waals surface area contributed by atoms with E-state index in [4.69, 9.17) is 60.8 Å². The molecule has 0 aliphatic rings. The molecule has 0 unspecified atom stereocenters. The second-order valence-corrected chi connectivity index (χ2v) is 12.8. The maximum absolute atomic E-state index is 10.6. The van der Waals surface area contributed by atoms with Crippen LogP contribution in [0.15, 0.2) is 0 Å². The molecule has 172 valence electrons. The van der Waals surface area contributed by atoms with Crippen LogP contribution in [0.25, 0.3) is 0 Å². The zero-order chi connectivity index (χ0) is 21.8. The van der Waals surface area contributed by atoms with Crippen LogP contribution in [-0.4, -0.2) is 186 Å². The third-order valence-corrected chi connectivity index (χ3v) is 10.6. The molecule has 0 saturated heterocycles. The van der Waals surface area contributed by atoms with Gasteiger partial charge in [-0.3, -0.25) is 18.3 Å². The van der Waals surface area contributed by atoms with Crippen LogP contribution in [0.5, 0.6) is 0 Å². The summed E-state index contributed by atoms with van der Waals surface area (Å²) in [5, 5.41) is 11.4. The molecule has 0 bridgehead atoms. The summed E-state index contributed by atoms with van der Waals surface area (Å²) in [6.45, 7) is -0.903. The van der Waals surface area contributed by atoms with Crippen LogP contribution in [-0.2, 0) is 18.3 Å². The third kappa shape index (κ3) is 12.7. The SMILES string of the molecule is NCCC(O)(P(=O)(O)O)P(=O)(O)O.NCCC(O)(P(=O)(O)O)P(=O)(O)O.[CaH2].[CaH2].[CaH2]. The Morgan fingerprint density at radius 1 is 0.517 bits per heavy atom. The normalized spacial score (nSPS) is 13.1. The first-order valence-corrected chi connectivity index (χ1v) is 12.6. The molecule has 29 heavy (non-hydrogen) atoms. The van der Waals surface area contributed by atoms with Gasteiger partial charge < -0.3 is 60.8 Å². The second-order valence-electron chi connectivity index (χ2n) is 4.80. The fourth-order valence-corrected chi connectivity index (χ4v) is 5.71. The molecule has 0 atom stereocenters. The van der Waals surface area contributed by atoms with Gasteiger partial charge in [-0.2, -0.15) is 0 Å². The van der Waals surface area contributed by atoms with Crippen LogP contribution in [0.3, 0.4) is 0 Å². The Labute approximate surface area is 254 Å². The molecule has 0 aliphatic carbocycles. The standard InChI is InChI=1S/2C3H11NO7P2.3Ca.6H/c2*4-2-1-3(5,12(6,7)8)13(9,10)11;;;;;;;;;/h2*5H,1-2,4H2,(H2,6,7,8)(H2,9,10,11);;;;;;;;;. The van der Waals surface area contributed by atoms with Crippen molar-refractivity contribution in [2.24, 2.45) is 11.5 Å². The van der Waals surface area contributed by atoms with Gasteiger partial charge in [-0.05, 0) is 13.1 Å². The topological polar surface area (TPSA) is 323 Å². The van der Waals surface area contributed by atoms with Gasteiger partial charge in [-0.15, -0.1) is 0 Å². The van der Waals surface area contributed by atoms with Gasteiger partial charge in [0.1, 0.15) is 0 Å². The average Bonchev–Trinajstić information content (AvgIpc) is 2.34. The van der Waals surface area contributed by atoms with Crippen molar-refractivity contribution < 1.29 is 67.6 Å². The molecule has 0 aliphatic heterocycles. The fraction of sp³-hybridized carbons (Fsp3) is 1.00. The molecule has 23 heteroatoms. The van der Waals surface area contributed by atoms with E-state index in [1.807, 2.05) is 0 Å². The molecule has 0 fully saturated rings. The van der Waals surface area contributed by atoms with E-state index in [2.05, 4.69) is 0 Å². The monoisotopic (exact) mass is 596 g/mol. The van der Waals surface area contributed by atoms with E-state index in [1.165, 1.54) is 0 Å². The van der Waals surface area contributed by atoms with Gasteiger partial charge in [0.25, 0.3) is 10.2 Å².